The number of amides is 1. The van der Waals surface area contributed by atoms with Gasteiger partial charge in [0.1, 0.15) is 18.2 Å². The molecule has 7 nitrogen and oxygen atoms in total. The zero-order valence-electron chi connectivity index (χ0n) is 14.0. The van der Waals surface area contributed by atoms with Crippen molar-refractivity contribution in [1.82, 2.24) is 20.1 Å². The maximum Gasteiger partial charge on any atom is 0.251 e. The number of aliphatic hydroxyl groups is 1. The average molecular weight is 348 g/mol. The van der Waals surface area contributed by atoms with Gasteiger partial charge in [-0.1, -0.05) is 6.07 Å². The average Bonchev–Trinajstić information content (AvgIpc) is 2.97. The fraction of sp³-hybridized carbons (Fsp3) is 0.471. The van der Waals surface area contributed by atoms with Gasteiger partial charge in [0.05, 0.1) is 6.61 Å². The number of rotatable bonds is 7. The van der Waals surface area contributed by atoms with E-state index in [0.29, 0.717) is 24.5 Å². The van der Waals surface area contributed by atoms with Crippen LogP contribution >= 0.6 is 0 Å². The van der Waals surface area contributed by atoms with Crippen LogP contribution in [0.3, 0.4) is 0 Å². The molecule has 0 aliphatic heterocycles. The van der Waals surface area contributed by atoms with Gasteiger partial charge in [0.15, 0.2) is 5.82 Å². The van der Waals surface area contributed by atoms with E-state index in [1.54, 1.807) is 13.2 Å². The Morgan fingerprint density at radius 3 is 2.92 bits per heavy atom. The van der Waals surface area contributed by atoms with Crippen LogP contribution in [0.2, 0.25) is 0 Å². The van der Waals surface area contributed by atoms with Crippen molar-refractivity contribution in [2.45, 2.75) is 38.0 Å². The first-order valence-electron chi connectivity index (χ1n) is 8.20. The van der Waals surface area contributed by atoms with E-state index in [0.717, 1.165) is 18.7 Å². The number of nitrogens with one attached hydrogen (secondary N) is 1. The maximum atomic E-state index is 13.2. The number of nitrogens with zero attached hydrogens (tertiary/aromatic N) is 3. The normalized spacial score (nSPS) is 19.5. The van der Waals surface area contributed by atoms with E-state index in [2.05, 4.69) is 15.5 Å². The first-order chi connectivity index (χ1) is 12.1. The molecule has 3 rings (SSSR count). The Hall–Kier alpha value is -2.32. The Balaban J connectivity index is 1.59. The summed E-state index contributed by atoms with van der Waals surface area (Å²) in [5.41, 5.74) is 0.314. The number of ether oxygens (including phenoxy) is 1. The fourth-order valence-electron chi connectivity index (χ4n) is 3.04. The second kappa shape index (κ2) is 7.71. The summed E-state index contributed by atoms with van der Waals surface area (Å²) in [4.78, 5) is 12.1. The predicted molar refractivity (Wildman–Crippen MR) is 87.5 cm³/mol. The Labute approximate surface area is 144 Å². The van der Waals surface area contributed by atoms with Gasteiger partial charge in [-0.05, 0) is 31.0 Å². The van der Waals surface area contributed by atoms with Crippen molar-refractivity contribution in [1.29, 1.82) is 0 Å². The largest absolute Gasteiger partial charge is 0.388 e. The smallest absolute Gasteiger partial charge is 0.251 e. The third-order valence-electron chi connectivity index (χ3n) is 4.44. The molecule has 1 heterocycles. The Morgan fingerprint density at radius 1 is 1.44 bits per heavy atom. The molecule has 25 heavy (non-hydrogen) atoms. The molecule has 1 aromatic heterocycles. The molecule has 134 valence electrons. The van der Waals surface area contributed by atoms with E-state index < -0.39 is 5.82 Å². The lowest BCUT2D eigenvalue weighted by Crippen LogP contribution is -2.44. The van der Waals surface area contributed by atoms with Crippen molar-refractivity contribution < 1.29 is 19.0 Å². The van der Waals surface area contributed by atoms with Gasteiger partial charge in [-0.2, -0.15) is 0 Å². The summed E-state index contributed by atoms with van der Waals surface area (Å²) in [6, 6.07) is 5.65. The Bertz CT molecular complexity index is 743. The van der Waals surface area contributed by atoms with E-state index in [1.165, 1.54) is 18.2 Å². The van der Waals surface area contributed by atoms with Gasteiger partial charge in [0.2, 0.25) is 0 Å². The SMILES string of the molecule is COCCn1c(CO)nnc1C1CC(NC(=O)c2cccc(F)c2)C1. The highest BCUT2D eigenvalue weighted by Gasteiger charge is 2.35. The second-order valence-electron chi connectivity index (χ2n) is 6.13. The molecule has 0 spiro atoms. The lowest BCUT2D eigenvalue weighted by molar-refractivity contribution is 0.0905. The molecule has 0 saturated heterocycles. The van der Waals surface area contributed by atoms with Gasteiger partial charge in [0.25, 0.3) is 5.91 Å². The van der Waals surface area contributed by atoms with E-state index in [-0.39, 0.29) is 24.5 Å². The number of aromatic nitrogens is 3. The van der Waals surface area contributed by atoms with Crippen LogP contribution in [0.15, 0.2) is 24.3 Å². The molecule has 1 saturated carbocycles. The summed E-state index contributed by atoms with van der Waals surface area (Å²) in [5, 5.41) is 20.5. The predicted octanol–water partition coefficient (Wildman–Crippen LogP) is 1.23. The second-order valence-corrected chi connectivity index (χ2v) is 6.13. The van der Waals surface area contributed by atoms with Gasteiger partial charge in [-0.3, -0.25) is 4.79 Å². The zero-order chi connectivity index (χ0) is 17.8. The number of methoxy groups -OCH3 is 1. The number of aliphatic hydroxyl groups excluding tert-OH is 1. The van der Waals surface area contributed by atoms with Crippen LogP contribution in [-0.2, 0) is 17.9 Å². The molecule has 0 bridgehead atoms. The van der Waals surface area contributed by atoms with Crippen LogP contribution in [0.25, 0.3) is 0 Å². The van der Waals surface area contributed by atoms with Crippen molar-refractivity contribution in [3.8, 4) is 0 Å². The topological polar surface area (TPSA) is 89.3 Å². The van der Waals surface area contributed by atoms with Crippen molar-refractivity contribution >= 4 is 5.91 Å². The van der Waals surface area contributed by atoms with Crippen LogP contribution in [-0.4, -0.2) is 45.5 Å². The summed E-state index contributed by atoms with van der Waals surface area (Å²) in [5.74, 6) is 0.779. The molecule has 1 aliphatic rings. The molecule has 0 atom stereocenters. The van der Waals surface area contributed by atoms with E-state index >= 15 is 0 Å². The molecular weight excluding hydrogens is 327 g/mol. The molecule has 2 N–H and O–H groups in total. The molecule has 2 aromatic rings. The minimum atomic E-state index is -0.429. The molecular formula is C17H21FN4O3. The number of hydrogen-bond donors (Lipinski definition) is 2. The highest BCUT2D eigenvalue weighted by Crippen LogP contribution is 2.36. The number of halogens is 1. The third kappa shape index (κ3) is 3.85. The van der Waals surface area contributed by atoms with Gasteiger partial charge >= 0.3 is 0 Å². The fourth-order valence-corrected chi connectivity index (χ4v) is 3.04. The van der Waals surface area contributed by atoms with Crippen LogP contribution in [0.4, 0.5) is 4.39 Å². The summed E-state index contributed by atoms with van der Waals surface area (Å²) >= 11 is 0. The highest BCUT2D eigenvalue weighted by atomic mass is 19.1. The Morgan fingerprint density at radius 2 is 2.24 bits per heavy atom. The lowest BCUT2D eigenvalue weighted by Gasteiger charge is -2.35. The number of hydrogen-bond acceptors (Lipinski definition) is 5. The van der Waals surface area contributed by atoms with Crippen LogP contribution in [0.1, 0.15) is 40.8 Å². The summed E-state index contributed by atoms with van der Waals surface area (Å²) in [6.45, 7) is 0.902. The van der Waals surface area contributed by atoms with Crippen molar-refractivity contribution in [3.05, 3.63) is 47.3 Å². The van der Waals surface area contributed by atoms with Gasteiger partial charge in [-0.15, -0.1) is 10.2 Å². The van der Waals surface area contributed by atoms with Gasteiger partial charge < -0.3 is 19.7 Å². The highest BCUT2D eigenvalue weighted by molar-refractivity contribution is 5.94. The quantitative estimate of drug-likeness (QED) is 0.786. The minimum absolute atomic E-state index is 0.0194. The maximum absolute atomic E-state index is 13.2. The van der Waals surface area contributed by atoms with Crippen LogP contribution < -0.4 is 5.32 Å². The number of benzene rings is 1. The van der Waals surface area contributed by atoms with E-state index in [1.807, 2.05) is 4.57 Å². The van der Waals surface area contributed by atoms with Crippen molar-refractivity contribution in [3.63, 3.8) is 0 Å². The van der Waals surface area contributed by atoms with Crippen LogP contribution in [0.5, 0.6) is 0 Å². The molecule has 1 amide bonds. The summed E-state index contributed by atoms with van der Waals surface area (Å²) in [7, 11) is 1.62. The number of carbonyl (C=O) groups is 1. The summed E-state index contributed by atoms with van der Waals surface area (Å²) in [6.07, 6.45) is 1.47. The molecule has 8 heteroatoms. The zero-order valence-corrected chi connectivity index (χ0v) is 14.0. The van der Waals surface area contributed by atoms with E-state index in [9.17, 15) is 14.3 Å². The molecule has 0 radical (unpaired) electrons. The summed E-state index contributed by atoms with van der Waals surface area (Å²) < 4.78 is 20.2. The minimum Gasteiger partial charge on any atom is -0.388 e. The van der Waals surface area contributed by atoms with Gasteiger partial charge in [0, 0.05) is 31.2 Å². The molecule has 1 aliphatic carbocycles. The monoisotopic (exact) mass is 348 g/mol. The van der Waals surface area contributed by atoms with Gasteiger partial charge in [-0.25, -0.2) is 4.39 Å². The first kappa shape index (κ1) is 17.5. The Kier molecular flexibility index (Phi) is 5.40. The third-order valence-corrected chi connectivity index (χ3v) is 4.44. The number of carbonyl (C=O) groups excluding carboxylic acids is 1. The molecule has 0 unspecified atom stereocenters. The molecule has 1 fully saturated rings. The first-order valence-corrected chi connectivity index (χ1v) is 8.20. The van der Waals surface area contributed by atoms with Crippen molar-refractivity contribution in [2.24, 2.45) is 0 Å². The van der Waals surface area contributed by atoms with Crippen LogP contribution in [0, 0.1) is 5.82 Å². The lowest BCUT2D eigenvalue weighted by atomic mass is 9.79. The standard InChI is InChI=1S/C17H21FN4O3/c1-25-6-5-22-15(10-23)20-21-16(22)12-8-14(9-12)19-17(24)11-3-2-4-13(18)7-11/h2-4,7,12,14,23H,5-6,8-10H2,1H3,(H,19,24). The van der Waals surface area contributed by atoms with E-state index in [4.69, 9.17) is 4.74 Å². The molecule has 1 aromatic carbocycles. The van der Waals surface area contributed by atoms with Crippen molar-refractivity contribution in [2.75, 3.05) is 13.7 Å².